The molecule has 4 nitrogen and oxygen atoms in total. The van der Waals surface area contributed by atoms with E-state index in [9.17, 15) is 4.79 Å². The molecule has 1 saturated heterocycles. The molecule has 0 aromatic heterocycles. The van der Waals surface area contributed by atoms with Gasteiger partial charge < -0.3 is 4.74 Å². The van der Waals surface area contributed by atoms with Gasteiger partial charge in [0.05, 0.1) is 25.0 Å². The molecule has 142 valence electrons. The minimum atomic E-state index is -0.117. The number of amides is 1. The fourth-order valence-corrected chi connectivity index (χ4v) is 4.77. The van der Waals surface area contributed by atoms with Crippen molar-refractivity contribution in [2.75, 3.05) is 19.0 Å². The quantitative estimate of drug-likeness (QED) is 0.561. The predicted molar refractivity (Wildman–Crippen MR) is 111 cm³/mol. The second-order valence-corrected chi connectivity index (χ2v) is 8.46. The number of rotatable bonds is 3. The molecular weight excluding hydrogens is 394 g/mol. The van der Waals surface area contributed by atoms with Crippen LogP contribution in [0, 0.1) is 5.92 Å². The molecule has 2 aliphatic rings. The number of hydrogen-bond donors (Lipinski definition) is 0. The van der Waals surface area contributed by atoms with Crippen LogP contribution in [0.3, 0.4) is 0 Å². The smallest absolute Gasteiger partial charge is 0.257 e. The van der Waals surface area contributed by atoms with E-state index in [0.717, 1.165) is 27.0 Å². The monoisotopic (exact) mass is 411 g/mol. The molecule has 3 aromatic rings. The summed E-state index contributed by atoms with van der Waals surface area (Å²) in [5.41, 5.74) is 1.05. The first-order valence-corrected chi connectivity index (χ1v) is 10.5. The number of nitrogens with zero attached hydrogens (tertiary/aromatic N) is 1. The molecule has 0 bridgehead atoms. The average Bonchev–Trinajstić information content (AvgIpc) is 3.17. The van der Waals surface area contributed by atoms with Crippen molar-refractivity contribution in [1.29, 1.82) is 0 Å². The van der Waals surface area contributed by atoms with Crippen LogP contribution in [0.1, 0.15) is 11.6 Å². The highest BCUT2D eigenvalue weighted by Crippen LogP contribution is 2.46. The highest BCUT2D eigenvalue weighted by molar-refractivity contribution is 8.00. The number of hydroxylamine groups is 2. The van der Waals surface area contributed by atoms with Crippen molar-refractivity contribution < 1.29 is 14.4 Å². The van der Waals surface area contributed by atoms with Gasteiger partial charge in [0.2, 0.25) is 0 Å². The summed E-state index contributed by atoms with van der Waals surface area (Å²) in [5, 5.41) is 4.51. The van der Waals surface area contributed by atoms with Gasteiger partial charge in [-0.15, -0.1) is 11.8 Å². The number of thioether (sulfide) groups is 1. The molecule has 0 aliphatic carbocycles. The van der Waals surface area contributed by atoms with Crippen molar-refractivity contribution in [2.45, 2.75) is 10.9 Å². The van der Waals surface area contributed by atoms with Gasteiger partial charge in [-0.05, 0) is 41.1 Å². The zero-order valence-corrected chi connectivity index (χ0v) is 16.6. The Morgan fingerprint density at radius 2 is 1.89 bits per heavy atom. The van der Waals surface area contributed by atoms with E-state index >= 15 is 0 Å². The Bertz CT molecular complexity index is 1040. The van der Waals surface area contributed by atoms with E-state index in [1.54, 1.807) is 5.06 Å². The van der Waals surface area contributed by atoms with Gasteiger partial charge in [0.1, 0.15) is 5.75 Å². The van der Waals surface area contributed by atoms with Crippen LogP contribution in [0.2, 0.25) is 5.02 Å². The lowest BCUT2D eigenvalue weighted by Gasteiger charge is -2.32. The lowest BCUT2D eigenvalue weighted by molar-refractivity contribution is -0.174. The summed E-state index contributed by atoms with van der Waals surface area (Å²) >= 11 is 7.42. The van der Waals surface area contributed by atoms with Crippen molar-refractivity contribution in [1.82, 2.24) is 5.06 Å². The Morgan fingerprint density at radius 1 is 1.07 bits per heavy atom. The number of fused-ring (bicyclic) bond motifs is 5. The van der Waals surface area contributed by atoms with E-state index in [1.807, 2.05) is 42.5 Å². The Morgan fingerprint density at radius 3 is 2.75 bits per heavy atom. The van der Waals surface area contributed by atoms with Gasteiger partial charge in [-0.2, -0.15) is 0 Å². The first-order valence-electron chi connectivity index (χ1n) is 9.18. The standard InChI is InChI=1S/C22H18ClNO3S/c23-16-6-8-17(9-7-16)28-13-20(25)24-22-15(12-27-24)11-26-19-10-5-14-3-1-2-4-18(14)21(19)22/h1-10,15,22H,11-13H2/t15-,22+/m1/s1. The molecule has 5 rings (SSSR count). The van der Waals surface area contributed by atoms with Crippen molar-refractivity contribution in [3.05, 3.63) is 71.2 Å². The SMILES string of the molecule is O=C(CSc1ccc(Cl)cc1)N1OC[C@H]2COc3ccc4ccccc4c3[C@H]21. The van der Waals surface area contributed by atoms with Gasteiger partial charge in [-0.25, -0.2) is 5.06 Å². The molecule has 0 N–H and O–H groups in total. The third kappa shape index (κ3) is 3.13. The molecule has 0 unspecified atom stereocenters. The van der Waals surface area contributed by atoms with Crippen LogP contribution in [0.5, 0.6) is 5.75 Å². The number of carbonyl (C=O) groups excluding carboxylic acids is 1. The number of benzene rings is 3. The Balaban J connectivity index is 1.43. The lowest BCUT2D eigenvalue weighted by Crippen LogP contribution is -2.36. The van der Waals surface area contributed by atoms with E-state index in [2.05, 4.69) is 18.2 Å². The molecule has 2 heterocycles. The van der Waals surface area contributed by atoms with Crippen molar-refractivity contribution in [3.63, 3.8) is 0 Å². The van der Waals surface area contributed by atoms with Crippen LogP contribution in [0.15, 0.2) is 65.6 Å². The molecule has 2 atom stereocenters. The minimum Gasteiger partial charge on any atom is -0.493 e. The normalized spacial score (nSPS) is 20.5. The van der Waals surface area contributed by atoms with Gasteiger partial charge in [-0.3, -0.25) is 9.63 Å². The van der Waals surface area contributed by atoms with Gasteiger partial charge in [-0.1, -0.05) is 41.9 Å². The zero-order chi connectivity index (χ0) is 19.1. The van der Waals surface area contributed by atoms with E-state index in [4.69, 9.17) is 21.2 Å². The van der Waals surface area contributed by atoms with Crippen LogP contribution >= 0.6 is 23.4 Å². The van der Waals surface area contributed by atoms with E-state index in [1.165, 1.54) is 11.8 Å². The molecule has 1 fully saturated rings. The average molecular weight is 412 g/mol. The molecule has 3 aromatic carbocycles. The largest absolute Gasteiger partial charge is 0.493 e. The number of carbonyl (C=O) groups is 1. The molecule has 0 radical (unpaired) electrons. The van der Waals surface area contributed by atoms with Gasteiger partial charge >= 0.3 is 0 Å². The summed E-state index contributed by atoms with van der Waals surface area (Å²) in [5.74, 6) is 1.26. The Labute approximate surface area is 172 Å². The maximum atomic E-state index is 13.0. The molecular formula is C22H18ClNO3S. The zero-order valence-electron chi connectivity index (χ0n) is 15.0. The lowest BCUT2D eigenvalue weighted by atomic mass is 9.88. The third-order valence-corrected chi connectivity index (χ3v) is 6.48. The Hall–Kier alpha value is -2.21. The van der Waals surface area contributed by atoms with Gasteiger partial charge in [0.25, 0.3) is 5.91 Å². The fourth-order valence-electron chi connectivity index (χ4n) is 3.90. The van der Waals surface area contributed by atoms with Crippen LogP contribution in [0.4, 0.5) is 0 Å². The topological polar surface area (TPSA) is 38.8 Å². The fraction of sp³-hybridized carbons (Fsp3) is 0.227. The molecule has 0 saturated carbocycles. The summed E-state index contributed by atoms with van der Waals surface area (Å²) in [7, 11) is 0. The summed E-state index contributed by atoms with van der Waals surface area (Å²) in [6, 6.07) is 19.7. The molecule has 28 heavy (non-hydrogen) atoms. The highest BCUT2D eigenvalue weighted by Gasteiger charge is 2.44. The molecule has 1 amide bonds. The maximum Gasteiger partial charge on any atom is 0.257 e. The third-order valence-electron chi connectivity index (χ3n) is 5.23. The first kappa shape index (κ1) is 17.9. The van der Waals surface area contributed by atoms with E-state index < -0.39 is 0 Å². The number of hydrogen-bond acceptors (Lipinski definition) is 4. The molecule has 0 spiro atoms. The number of ether oxygens (including phenoxy) is 1. The summed E-state index contributed by atoms with van der Waals surface area (Å²) in [6.45, 7) is 1.05. The van der Waals surface area contributed by atoms with Gasteiger partial charge in [0, 0.05) is 21.4 Å². The number of halogens is 1. The second kappa shape index (κ2) is 7.32. The molecule has 2 aliphatic heterocycles. The van der Waals surface area contributed by atoms with E-state index in [-0.39, 0.29) is 17.9 Å². The summed E-state index contributed by atoms with van der Waals surface area (Å²) in [4.78, 5) is 19.8. The highest BCUT2D eigenvalue weighted by atomic mass is 35.5. The van der Waals surface area contributed by atoms with Crippen LogP contribution < -0.4 is 4.74 Å². The maximum absolute atomic E-state index is 13.0. The van der Waals surface area contributed by atoms with Gasteiger partial charge in [0.15, 0.2) is 0 Å². The second-order valence-electron chi connectivity index (χ2n) is 6.97. The predicted octanol–water partition coefficient (Wildman–Crippen LogP) is 5.11. The Kier molecular flexibility index (Phi) is 4.67. The van der Waals surface area contributed by atoms with E-state index in [0.29, 0.717) is 24.0 Å². The van der Waals surface area contributed by atoms with Crippen LogP contribution in [0.25, 0.3) is 10.8 Å². The minimum absolute atomic E-state index is 0.0340. The van der Waals surface area contributed by atoms with Crippen LogP contribution in [-0.4, -0.2) is 29.9 Å². The first-order chi connectivity index (χ1) is 13.7. The van der Waals surface area contributed by atoms with Crippen molar-refractivity contribution >= 4 is 40.0 Å². The molecule has 6 heteroatoms. The van der Waals surface area contributed by atoms with Crippen molar-refractivity contribution in [2.24, 2.45) is 5.92 Å². The summed E-state index contributed by atoms with van der Waals surface area (Å²) in [6.07, 6.45) is 0. The van der Waals surface area contributed by atoms with Crippen molar-refractivity contribution in [3.8, 4) is 5.75 Å². The van der Waals surface area contributed by atoms with Crippen LogP contribution in [-0.2, 0) is 9.63 Å². The summed E-state index contributed by atoms with van der Waals surface area (Å²) < 4.78 is 5.98.